The molecule has 0 saturated heterocycles. The molecule has 11 heteroatoms. The van der Waals surface area contributed by atoms with Crippen molar-refractivity contribution in [3.63, 3.8) is 0 Å². The molecule has 0 aliphatic rings. The van der Waals surface area contributed by atoms with E-state index in [1.54, 1.807) is 0 Å². The molecule has 0 unspecified atom stereocenters. The number of anilines is 1. The fourth-order valence-corrected chi connectivity index (χ4v) is 2.80. The van der Waals surface area contributed by atoms with E-state index in [-0.39, 0.29) is 17.2 Å². The summed E-state index contributed by atoms with van der Waals surface area (Å²) in [7, 11) is 0. The van der Waals surface area contributed by atoms with Gasteiger partial charge in [0.05, 0.1) is 27.9 Å². The van der Waals surface area contributed by atoms with Gasteiger partial charge in [0, 0.05) is 0 Å². The van der Waals surface area contributed by atoms with E-state index in [0.717, 1.165) is 12.1 Å². The van der Waals surface area contributed by atoms with Gasteiger partial charge in [0.2, 0.25) is 0 Å². The average Bonchev–Trinajstić information content (AvgIpc) is 2.74. The van der Waals surface area contributed by atoms with Gasteiger partial charge < -0.3 is 20.3 Å². The second kappa shape index (κ2) is 8.99. The van der Waals surface area contributed by atoms with Crippen molar-refractivity contribution >= 4 is 23.5 Å². The van der Waals surface area contributed by atoms with Crippen LogP contribution in [0.4, 0.5) is 23.2 Å². The van der Waals surface area contributed by atoms with Crippen molar-refractivity contribution in [1.82, 2.24) is 0 Å². The van der Waals surface area contributed by atoms with Gasteiger partial charge in [0.25, 0.3) is 5.91 Å². The first-order chi connectivity index (χ1) is 15.5. The minimum Gasteiger partial charge on any atom is -0.478 e. The number of hydrogen-bond donors (Lipinski definition) is 3. The number of halogens is 4. The quantitative estimate of drug-likeness (QED) is 0.429. The summed E-state index contributed by atoms with van der Waals surface area (Å²) in [5.74, 6) is -5.48. The zero-order chi connectivity index (χ0) is 24.3. The van der Waals surface area contributed by atoms with Gasteiger partial charge in [-0.25, -0.2) is 14.0 Å². The van der Waals surface area contributed by atoms with Crippen LogP contribution in [-0.2, 0) is 6.18 Å². The Balaban J connectivity index is 1.91. The predicted molar refractivity (Wildman–Crippen MR) is 106 cm³/mol. The van der Waals surface area contributed by atoms with E-state index in [1.165, 1.54) is 30.3 Å². The summed E-state index contributed by atoms with van der Waals surface area (Å²) < 4.78 is 58.3. The third-order valence-corrected chi connectivity index (χ3v) is 4.35. The number of ether oxygens (including phenoxy) is 1. The van der Waals surface area contributed by atoms with E-state index in [1.807, 2.05) is 0 Å². The first kappa shape index (κ1) is 23.3. The highest BCUT2D eigenvalue weighted by Gasteiger charge is 2.32. The fourth-order valence-electron chi connectivity index (χ4n) is 2.80. The van der Waals surface area contributed by atoms with Crippen LogP contribution in [0.1, 0.15) is 36.6 Å². The molecule has 33 heavy (non-hydrogen) atoms. The molecule has 0 aliphatic carbocycles. The summed E-state index contributed by atoms with van der Waals surface area (Å²) in [4.78, 5) is 35.0. The standard InChI is InChI=1S/C22H13F4NO6/c23-16-8-5-11(22(24,25)26)9-15(16)19(28)27-17-3-1-2-4-18(17)33-12-6-7-13(20(29)30)14(10-12)21(31)32/h1-10H,(H,27,28)(H,29,30)(H,31,32). The van der Waals surface area contributed by atoms with Crippen LogP contribution in [-0.4, -0.2) is 28.1 Å². The first-order valence-corrected chi connectivity index (χ1v) is 9.03. The summed E-state index contributed by atoms with van der Waals surface area (Å²) in [5.41, 5.74) is -3.14. The molecule has 0 fully saturated rings. The molecule has 1 amide bonds. The average molecular weight is 463 g/mol. The number of carbonyl (C=O) groups is 3. The van der Waals surface area contributed by atoms with Crippen LogP contribution >= 0.6 is 0 Å². The maximum Gasteiger partial charge on any atom is 0.416 e. The van der Waals surface area contributed by atoms with Crippen molar-refractivity contribution in [2.75, 3.05) is 5.32 Å². The van der Waals surface area contributed by atoms with Crippen LogP contribution in [0.3, 0.4) is 0 Å². The van der Waals surface area contributed by atoms with Crippen molar-refractivity contribution in [2.45, 2.75) is 6.18 Å². The molecule has 170 valence electrons. The Morgan fingerprint density at radius 1 is 0.818 bits per heavy atom. The molecular formula is C22H13F4NO6. The van der Waals surface area contributed by atoms with Gasteiger partial charge in [0.1, 0.15) is 11.6 Å². The second-order valence-electron chi connectivity index (χ2n) is 6.56. The van der Waals surface area contributed by atoms with Crippen LogP contribution in [0, 0.1) is 5.82 Å². The smallest absolute Gasteiger partial charge is 0.416 e. The maximum absolute atomic E-state index is 14.0. The molecule has 0 spiro atoms. The van der Waals surface area contributed by atoms with Crippen LogP contribution in [0.2, 0.25) is 0 Å². The fraction of sp³-hybridized carbons (Fsp3) is 0.0455. The topological polar surface area (TPSA) is 113 Å². The Morgan fingerprint density at radius 3 is 2.12 bits per heavy atom. The van der Waals surface area contributed by atoms with Crippen molar-refractivity contribution < 1.29 is 46.9 Å². The molecule has 0 saturated carbocycles. The van der Waals surface area contributed by atoms with Gasteiger partial charge in [-0.2, -0.15) is 13.2 Å². The number of rotatable bonds is 6. The van der Waals surface area contributed by atoms with Crippen molar-refractivity contribution in [3.05, 3.63) is 88.7 Å². The van der Waals surface area contributed by atoms with Crippen LogP contribution in [0.15, 0.2) is 60.7 Å². The molecule has 3 rings (SSSR count). The molecule has 0 bridgehead atoms. The summed E-state index contributed by atoms with van der Waals surface area (Å²) in [6.45, 7) is 0. The van der Waals surface area contributed by atoms with E-state index in [9.17, 15) is 37.1 Å². The molecule has 3 aromatic rings. The Bertz CT molecular complexity index is 1260. The summed E-state index contributed by atoms with van der Waals surface area (Å²) in [5, 5.41) is 20.6. The number of aromatic carboxylic acids is 2. The Morgan fingerprint density at radius 2 is 1.48 bits per heavy atom. The van der Waals surface area contributed by atoms with E-state index in [2.05, 4.69) is 5.32 Å². The largest absolute Gasteiger partial charge is 0.478 e. The summed E-state index contributed by atoms with van der Waals surface area (Å²) in [6, 6.07) is 10.2. The Labute approximate surface area is 182 Å². The van der Waals surface area contributed by atoms with Gasteiger partial charge in [0.15, 0.2) is 5.75 Å². The number of carboxylic acids is 2. The molecule has 7 nitrogen and oxygen atoms in total. The number of nitrogens with one attached hydrogen (secondary N) is 1. The maximum atomic E-state index is 14.0. The minimum absolute atomic E-state index is 0.0569. The zero-order valence-electron chi connectivity index (χ0n) is 16.3. The van der Waals surface area contributed by atoms with Gasteiger partial charge in [-0.1, -0.05) is 12.1 Å². The Kier molecular flexibility index (Phi) is 6.33. The third kappa shape index (κ3) is 5.26. The number of amides is 1. The number of hydrogen-bond acceptors (Lipinski definition) is 4. The van der Waals surface area contributed by atoms with Crippen molar-refractivity contribution in [1.29, 1.82) is 0 Å². The lowest BCUT2D eigenvalue weighted by molar-refractivity contribution is -0.137. The van der Waals surface area contributed by atoms with Crippen molar-refractivity contribution in [2.24, 2.45) is 0 Å². The molecule has 3 aromatic carbocycles. The minimum atomic E-state index is -4.78. The lowest BCUT2D eigenvalue weighted by atomic mass is 10.1. The normalized spacial score (nSPS) is 11.0. The predicted octanol–water partition coefficient (Wildman–Crippen LogP) is 5.29. The van der Waals surface area contributed by atoms with Crippen LogP contribution < -0.4 is 10.1 Å². The molecule has 0 aliphatic heterocycles. The van der Waals surface area contributed by atoms with Crippen molar-refractivity contribution in [3.8, 4) is 11.5 Å². The van der Waals surface area contributed by atoms with Gasteiger partial charge in [-0.15, -0.1) is 0 Å². The number of carbonyl (C=O) groups excluding carboxylic acids is 1. The number of benzene rings is 3. The molecule has 0 aromatic heterocycles. The molecule has 0 atom stereocenters. The highest BCUT2D eigenvalue weighted by molar-refractivity contribution is 6.05. The highest BCUT2D eigenvalue weighted by Crippen LogP contribution is 2.33. The second-order valence-corrected chi connectivity index (χ2v) is 6.56. The van der Waals surface area contributed by atoms with E-state index in [0.29, 0.717) is 18.2 Å². The van der Waals surface area contributed by atoms with E-state index in [4.69, 9.17) is 9.84 Å². The van der Waals surface area contributed by atoms with Gasteiger partial charge in [-0.3, -0.25) is 4.79 Å². The number of carboxylic acid groups (broad SMARTS) is 2. The SMILES string of the molecule is O=C(Nc1ccccc1Oc1ccc(C(=O)O)c(C(=O)O)c1)c1cc(C(F)(F)F)ccc1F. The lowest BCUT2D eigenvalue weighted by Crippen LogP contribution is -2.16. The van der Waals surface area contributed by atoms with E-state index >= 15 is 0 Å². The lowest BCUT2D eigenvalue weighted by Gasteiger charge is -2.14. The molecule has 0 radical (unpaired) electrons. The van der Waals surface area contributed by atoms with Gasteiger partial charge >= 0.3 is 18.1 Å². The highest BCUT2D eigenvalue weighted by atomic mass is 19.4. The van der Waals surface area contributed by atoms with Crippen LogP contribution in [0.25, 0.3) is 0 Å². The molecule has 0 heterocycles. The summed E-state index contributed by atoms with van der Waals surface area (Å²) >= 11 is 0. The third-order valence-electron chi connectivity index (χ3n) is 4.35. The Hall–Kier alpha value is -4.41. The van der Waals surface area contributed by atoms with E-state index < -0.39 is 52.1 Å². The monoisotopic (exact) mass is 463 g/mol. The first-order valence-electron chi connectivity index (χ1n) is 9.03. The summed E-state index contributed by atoms with van der Waals surface area (Å²) in [6.07, 6.45) is -4.78. The number of alkyl halides is 3. The molecular weight excluding hydrogens is 450 g/mol. The molecule has 3 N–H and O–H groups in total. The number of para-hydroxylation sites is 2. The zero-order valence-corrected chi connectivity index (χ0v) is 16.3. The van der Waals surface area contributed by atoms with Gasteiger partial charge in [-0.05, 0) is 48.5 Å². The van der Waals surface area contributed by atoms with Crippen LogP contribution in [0.5, 0.6) is 11.5 Å².